The van der Waals surface area contributed by atoms with Gasteiger partial charge in [-0.2, -0.15) is 9.97 Å². The second-order valence-corrected chi connectivity index (χ2v) is 8.37. The van der Waals surface area contributed by atoms with Crippen molar-refractivity contribution in [1.82, 2.24) is 20.3 Å². The zero-order valence-electron chi connectivity index (χ0n) is 18.6. The van der Waals surface area contributed by atoms with Crippen LogP contribution in [0.3, 0.4) is 0 Å². The van der Waals surface area contributed by atoms with Crippen molar-refractivity contribution in [3.05, 3.63) is 48.3 Å². The summed E-state index contributed by atoms with van der Waals surface area (Å²) in [6.45, 7) is 3.86. The number of morpholine rings is 1. The van der Waals surface area contributed by atoms with Crippen LogP contribution in [0.15, 0.2) is 47.4 Å². The Labute approximate surface area is 196 Å². The van der Waals surface area contributed by atoms with Crippen LogP contribution >= 0.6 is 11.8 Å². The molecule has 3 aromatic rings. The highest BCUT2D eigenvalue weighted by Gasteiger charge is 2.24. The largest absolute Gasteiger partial charge is 0.377 e. The van der Waals surface area contributed by atoms with Crippen molar-refractivity contribution in [3.8, 4) is 22.8 Å². The number of carbonyl (C=O) groups is 1. The molecule has 0 bridgehead atoms. The van der Waals surface area contributed by atoms with E-state index in [1.165, 1.54) is 23.9 Å². The maximum Gasteiger partial charge on any atom is 0.318 e. The summed E-state index contributed by atoms with van der Waals surface area (Å²) in [5.41, 5.74) is 2.01. The smallest absolute Gasteiger partial charge is 0.318 e. The minimum absolute atomic E-state index is 0.0912. The van der Waals surface area contributed by atoms with Crippen LogP contribution < -0.4 is 15.5 Å². The number of nitrogens with one attached hydrogen (secondary N) is 2. The number of carbonyl (C=O) groups excluding carboxylic acids is 1. The van der Waals surface area contributed by atoms with E-state index in [0.29, 0.717) is 48.6 Å². The molecule has 2 amide bonds. The van der Waals surface area contributed by atoms with Gasteiger partial charge in [-0.3, -0.25) is 0 Å². The highest BCUT2D eigenvalue weighted by molar-refractivity contribution is 7.98. The first kappa shape index (κ1) is 22.9. The number of benzene rings is 2. The molecule has 33 heavy (non-hydrogen) atoms. The van der Waals surface area contributed by atoms with Gasteiger partial charge in [-0.05, 0) is 55.6 Å². The highest BCUT2D eigenvalue weighted by atomic mass is 32.2. The van der Waals surface area contributed by atoms with Crippen LogP contribution in [0.4, 0.5) is 20.8 Å². The summed E-state index contributed by atoms with van der Waals surface area (Å²) in [5.74, 6) is 1.05. The lowest BCUT2D eigenvalue weighted by Gasteiger charge is -2.33. The van der Waals surface area contributed by atoms with Crippen LogP contribution in [0.1, 0.15) is 6.92 Å². The number of amides is 2. The molecule has 0 saturated carbocycles. The molecule has 0 spiro atoms. The van der Waals surface area contributed by atoms with Gasteiger partial charge in [0.1, 0.15) is 5.82 Å². The van der Waals surface area contributed by atoms with E-state index in [0.717, 1.165) is 10.5 Å². The Bertz CT molecular complexity index is 1140. The van der Waals surface area contributed by atoms with Crippen LogP contribution in [0, 0.1) is 5.82 Å². The Morgan fingerprint density at radius 1 is 1.15 bits per heavy atom. The zero-order chi connectivity index (χ0) is 23.4. The SMILES string of the molecule is CNC(=O)Nc1ccc(-c2nc(-c3cc(F)ccc3SC)nc(N3CCOC[C@@H]3C)n2)cc1. The Kier molecular flexibility index (Phi) is 7.05. The van der Waals surface area contributed by atoms with E-state index in [9.17, 15) is 9.18 Å². The van der Waals surface area contributed by atoms with Gasteiger partial charge in [0.05, 0.1) is 19.3 Å². The molecule has 1 fully saturated rings. The third-order valence-corrected chi connectivity index (χ3v) is 6.07. The van der Waals surface area contributed by atoms with E-state index in [1.54, 1.807) is 25.2 Å². The van der Waals surface area contributed by atoms with Gasteiger partial charge in [-0.1, -0.05) is 0 Å². The van der Waals surface area contributed by atoms with Gasteiger partial charge in [0.15, 0.2) is 11.6 Å². The van der Waals surface area contributed by atoms with E-state index in [2.05, 4.69) is 22.5 Å². The van der Waals surface area contributed by atoms with Gasteiger partial charge in [0.2, 0.25) is 5.95 Å². The predicted molar refractivity (Wildman–Crippen MR) is 128 cm³/mol. The topological polar surface area (TPSA) is 92.3 Å². The van der Waals surface area contributed by atoms with Crippen molar-refractivity contribution >= 4 is 29.4 Å². The Morgan fingerprint density at radius 3 is 2.61 bits per heavy atom. The quantitative estimate of drug-likeness (QED) is 0.546. The van der Waals surface area contributed by atoms with Gasteiger partial charge < -0.3 is 20.3 Å². The van der Waals surface area contributed by atoms with Gasteiger partial charge >= 0.3 is 6.03 Å². The average Bonchev–Trinajstić information content (AvgIpc) is 2.84. The summed E-state index contributed by atoms with van der Waals surface area (Å²) in [7, 11) is 1.56. The van der Waals surface area contributed by atoms with Gasteiger partial charge in [-0.25, -0.2) is 14.2 Å². The number of hydrogen-bond acceptors (Lipinski definition) is 7. The summed E-state index contributed by atoms with van der Waals surface area (Å²) in [5, 5.41) is 5.25. The normalized spacial score (nSPS) is 15.9. The zero-order valence-corrected chi connectivity index (χ0v) is 19.4. The van der Waals surface area contributed by atoms with Crippen molar-refractivity contribution in [2.24, 2.45) is 0 Å². The number of hydrogen-bond donors (Lipinski definition) is 2. The molecule has 1 saturated heterocycles. The van der Waals surface area contributed by atoms with Gasteiger partial charge in [-0.15, -0.1) is 11.8 Å². The molecule has 8 nitrogen and oxygen atoms in total. The minimum atomic E-state index is -0.351. The van der Waals surface area contributed by atoms with Crippen molar-refractivity contribution < 1.29 is 13.9 Å². The number of rotatable bonds is 5. The van der Waals surface area contributed by atoms with E-state index in [-0.39, 0.29) is 17.9 Å². The standard InChI is InChI=1S/C23H25FN6O2S/c1-14-13-32-11-10-30(14)22-28-20(15-4-7-17(8-5-15)26-23(31)25-2)27-21(29-22)18-12-16(24)6-9-19(18)33-3/h4-9,12,14H,10-11,13H2,1-3H3,(H2,25,26,31)/t14-/m0/s1. The maximum atomic E-state index is 14.1. The predicted octanol–water partition coefficient (Wildman–Crippen LogP) is 4.04. The summed E-state index contributed by atoms with van der Waals surface area (Å²) < 4.78 is 19.7. The molecule has 172 valence electrons. The second-order valence-electron chi connectivity index (χ2n) is 7.53. The summed E-state index contributed by atoms with van der Waals surface area (Å²) in [4.78, 5) is 28.7. The fourth-order valence-corrected chi connectivity index (χ4v) is 4.09. The van der Waals surface area contributed by atoms with Crippen molar-refractivity contribution in [2.75, 3.05) is 43.3 Å². The van der Waals surface area contributed by atoms with Crippen LogP contribution in [-0.4, -0.2) is 60.1 Å². The molecule has 10 heteroatoms. The van der Waals surface area contributed by atoms with Crippen molar-refractivity contribution in [3.63, 3.8) is 0 Å². The molecular weight excluding hydrogens is 443 g/mol. The summed E-state index contributed by atoms with van der Waals surface area (Å²) in [6.07, 6.45) is 1.93. The molecular formula is C23H25FN6O2S. The fourth-order valence-electron chi connectivity index (χ4n) is 3.52. The highest BCUT2D eigenvalue weighted by Crippen LogP contribution is 2.31. The minimum Gasteiger partial charge on any atom is -0.377 e. The van der Waals surface area contributed by atoms with Gasteiger partial charge in [0.25, 0.3) is 0 Å². The third-order valence-electron chi connectivity index (χ3n) is 5.28. The molecule has 2 N–H and O–H groups in total. The third kappa shape index (κ3) is 5.23. The number of anilines is 2. The monoisotopic (exact) mass is 468 g/mol. The van der Waals surface area contributed by atoms with E-state index < -0.39 is 0 Å². The van der Waals surface area contributed by atoms with Crippen molar-refractivity contribution in [2.45, 2.75) is 17.9 Å². The second kappa shape index (κ2) is 10.1. The molecule has 4 rings (SSSR count). The van der Waals surface area contributed by atoms with E-state index in [4.69, 9.17) is 19.7 Å². The van der Waals surface area contributed by atoms with Crippen LogP contribution in [-0.2, 0) is 4.74 Å². The number of aromatic nitrogens is 3. The van der Waals surface area contributed by atoms with Crippen LogP contribution in [0.5, 0.6) is 0 Å². The van der Waals surface area contributed by atoms with Crippen LogP contribution in [0.2, 0.25) is 0 Å². The van der Waals surface area contributed by atoms with Gasteiger partial charge in [0, 0.05) is 35.3 Å². The molecule has 0 radical (unpaired) electrons. The lowest BCUT2D eigenvalue weighted by Crippen LogP contribution is -2.44. The molecule has 1 aliphatic rings. The number of urea groups is 1. The van der Waals surface area contributed by atoms with Crippen LogP contribution in [0.25, 0.3) is 22.8 Å². The molecule has 1 aromatic heterocycles. The maximum absolute atomic E-state index is 14.1. The molecule has 2 heterocycles. The Balaban J connectivity index is 1.80. The first-order valence-electron chi connectivity index (χ1n) is 10.5. The Hall–Kier alpha value is -3.24. The molecule has 1 atom stereocenters. The van der Waals surface area contributed by atoms with E-state index in [1.807, 2.05) is 18.4 Å². The molecule has 1 aliphatic heterocycles. The summed E-state index contributed by atoms with van der Waals surface area (Å²) in [6, 6.07) is 11.6. The molecule has 0 aliphatic carbocycles. The number of nitrogens with zero attached hydrogens (tertiary/aromatic N) is 4. The Morgan fingerprint density at radius 2 is 1.91 bits per heavy atom. The average molecular weight is 469 g/mol. The van der Waals surface area contributed by atoms with E-state index >= 15 is 0 Å². The van der Waals surface area contributed by atoms with Crippen molar-refractivity contribution in [1.29, 1.82) is 0 Å². The number of thioether (sulfide) groups is 1. The fraction of sp³-hybridized carbons (Fsp3) is 0.304. The first-order chi connectivity index (χ1) is 16.0. The molecule has 0 unspecified atom stereocenters. The molecule has 2 aromatic carbocycles. The number of halogens is 1. The summed E-state index contributed by atoms with van der Waals surface area (Å²) >= 11 is 1.51. The number of ether oxygens (including phenoxy) is 1. The lowest BCUT2D eigenvalue weighted by atomic mass is 10.1. The first-order valence-corrected chi connectivity index (χ1v) is 11.7. The lowest BCUT2D eigenvalue weighted by molar-refractivity contribution is 0.0981.